The van der Waals surface area contributed by atoms with Crippen molar-refractivity contribution in [3.63, 3.8) is 0 Å². The number of furan rings is 1. The topological polar surface area (TPSA) is 92.4 Å². The molecule has 0 spiro atoms. The zero-order valence-corrected chi connectivity index (χ0v) is 17.6. The third-order valence-electron chi connectivity index (χ3n) is 5.07. The first-order chi connectivity index (χ1) is 15.5. The van der Waals surface area contributed by atoms with Gasteiger partial charge < -0.3 is 4.42 Å². The van der Waals surface area contributed by atoms with Gasteiger partial charge in [0.05, 0.1) is 4.92 Å². The predicted molar refractivity (Wildman–Crippen MR) is 124 cm³/mol. The molecule has 156 valence electrons. The van der Waals surface area contributed by atoms with Crippen molar-refractivity contribution in [2.24, 2.45) is 4.99 Å². The van der Waals surface area contributed by atoms with E-state index in [1.54, 1.807) is 12.1 Å². The summed E-state index contributed by atoms with van der Waals surface area (Å²) in [6, 6.07) is 24.1. The van der Waals surface area contributed by atoms with E-state index in [1.165, 1.54) is 18.3 Å². The predicted octanol–water partition coefficient (Wildman–Crippen LogP) is 6.76. The van der Waals surface area contributed by atoms with Gasteiger partial charge in [-0.15, -0.1) is 0 Å². The van der Waals surface area contributed by atoms with Gasteiger partial charge in [-0.1, -0.05) is 71.8 Å². The standard InChI is InChI=1S/C26H19N3O3/c1-17-6-10-20(11-7-17)24-23(15-27)26(32-25(24)21-12-8-18(2)9-13-21)28-16-19-4-3-5-22(14-19)29(30)31/h3-14,16H,1-2H3. The lowest BCUT2D eigenvalue weighted by Gasteiger charge is -2.05. The number of aryl methyl sites for hydroxylation is 2. The zero-order chi connectivity index (χ0) is 22.7. The van der Waals surface area contributed by atoms with E-state index >= 15 is 0 Å². The van der Waals surface area contributed by atoms with Crippen LogP contribution in [0.4, 0.5) is 11.6 Å². The highest BCUT2D eigenvalue weighted by Crippen LogP contribution is 2.42. The minimum Gasteiger partial charge on any atom is -0.436 e. The lowest BCUT2D eigenvalue weighted by molar-refractivity contribution is -0.384. The highest BCUT2D eigenvalue weighted by Gasteiger charge is 2.22. The van der Waals surface area contributed by atoms with Gasteiger partial charge in [-0.2, -0.15) is 5.26 Å². The molecule has 3 aromatic carbocycles. The van der Waals surface area contributed by atoms with Crippen molar-refractivity contribution in [3.05, 3.63) is 105 Å². The molecule has 6 heteroatoms. The van der Waals surface area contributed by atoms with Gasteiger partial charge in [0.15, 0.2) is 0 Å². The molecule has 0 amide bonds. The first-order valence-corrected chi connectivity index (χ1v) is 9.96. The second kappa shape index (κ2) is 8.70. The monoisotopic (exact) mass is 421 g/mol. The molecule has 1 heterocycles. The van der Waals surface area contributed by atoms with Crippen molar-refractivity contribution in [1.29, 1.82) is 5.26 Å². The van der Waals surface area contributed by atoms with Crippen molar-refractivity contribution in [3.8, 4) is 28.5 Å². The largest absolute Gasteiger partial charge is 0.436 e. The minimum absolute atomic E-state index is 0.0328. The lowest BCUT2D eigenvalue weighted by Crippen LogP contribution is -1.89. The van der Waals surface area contributed by atoms with Gasteiger partial charge >= 0.3 is 0 Å². The number of nitro benzene ring substituents is 1. The number of nitrogens with zero attached hydrogens (tertiary/aromatic N) is 3. The second-order valence-corrected chi connectivity index (χ2v) is 7.44. The van der Waals surface area contributed by atoms with Crippen LogP contribution in [0.2, 0.25) is 0 Å². The number of hydrogen-bond acceptors (Lipinski definition) is 5. The Morgan fingerprint density at radius 3 is 2.19 bits per heavy atom. The van der Waals surface area contributed by atoms with Gasteiger partial charge in [0, 0.05) is 29.5 Å². The molecular formula is C26H19N3O3. The van der Waals surface area contributed by atoms with Gasteiger partial charge in [0.2, 0.25) is 5.88 Å². The second-order valence-electron chi connectivity index (χ2n) is 7.44. The van der Waals surface area contributed by atoms with Crippen LogP contribution < -0.4 is 0 Å². The maximum atomic E-state index is 11.0. The molecule has 4 rings (SSSR count). The van der Waals surface area contributed by atoms with Crippen LogP contribution >= 0.6 is 0 Å². The summed E-state index contributed by atoms with van der Waals surface area (Å²) >= 11 is 0. The maximum absolute atomic E-state index is 11.0. The Hall–Kier alpha value is -4.50. The fourth-order valence-electron chi connectivity index (χ4n) is 3.37. The molecule has 0 N–H and O–H groups in total. The number of non-ortho nitro benzene ring substituents is 1. The molecule has 0 saturated heterocycles. The molecule has 0 atom stereocenters. The quantitative estimate of drug-likeness (QED) is 0.202. The van der Waals surface area contributed by atoms with Crippen molar-refractivity contribution >= 4 is 17.8 Å². The molecule has 0 aliphatic carbocycles. The Morgan fingerprint density at radius 1 is 0.969 bits per heavy atom. The van der Waals surface area contributed by atoms with Gasteiger partial charge in [0.25, 0.3) is 5.69 Å². The van der Waals surface area contributed by atoms with E-state index < -0.39 is 4.92 Å². The molecule has 0 saturated carbocycles. The van der Waals surface area contributed by atoms with Crippen LogP contribution in [0.5, 0.6) is 0 Å². The van der Waals surface area contributed by atoms with Crippen LogP contribution in [0.25, 0.3) is 22.5 Å². The van der Waals surface area contributed by atoms with Crippen molar-refractivity contribution in [2.45, 2.75) is 13.8 Å². The van der Waals surface area contributed by atoms with E-state index in [0.29, 0.717) is 22.5 Å². The minimum atomic E-state index is -0.462. The van der Waals surface area contributed by atoms with Crippen molar-refractivity contribution < 1.29 is 9.34 Å². The summed E-state index contributed by atoms with van der Waals surface area (Å²) < 4.78 is 6.09. The average molecular weight is 421 g/mol. The number of nitriles is 1. The van der Waals surface area contributed by atoms with E-state index in [0.717, 1.165) is 22.3 Å². The normalized spacial score (nSPS) is 10.9. The van der Waals surface area contributed by atoms with E-state index in [9.17, 15) is 15.4 Å². The lowest BCUT2D eigenvalue weighted by atomic mass is 9.97. The Bertz CT molecular complexity index is 1360. The fourth-order valence-corrected chi connectivity index (χ4v) is 3.37. The molecule has 6 nitrogen and oxygen atoms in total. The number of nitro groups is 1. The molecular weight excluding hydrogens is 402 g/mol. The van der Waals surface area contributed by atoms with Crippen molar-refractivity contribution in [1.82, 2.24) is 0 Å². The van der Waals surface area contributed by atoms with Gasteiger partial charge in [-0.25, -0.2) is 4.99 Å². The first kappa shape index (κ1) is 20.8. The third kappa shape index (κ3) is 4.18. The summed E-state index contributed by atoms with van der Waals surface area (Å²) in [4.78, 5) is 15.0. The fraction of sp³-hybridized carbons (Fsp3) is 0.0769. The number of benzene rings is 3. The molecule has 0 radical (unpaired) electrons. The summed E-state index contributed by atoms with van der Waals surface area (Å²) in [5.74, 6) is 0.710. The summed E-state index contributed by atoms with van der Waals surface area (Å²) in [7, 11) is 0. The Balaban J connectivity index is 1.86. The third-order valence-corrected chi connectivity index (χ3v) is 5.07. The van der Waals surface area contributed by atoms with Gasteiger partial charge in [-0.05, 0) is 25.0 Å². The molecule has 4 aromatic rings. The highest BCUT2D eigenvalue weighted by atomic mass is 16.6. The molecule has 0 aliphatic rings. The number of hydrogen-bond donors (Lipinski definition) is 0. The summed E-state index contributed by atoms with van der Waals surface area (Å²) in [5, 5.41) is 21.0. The van der Waals surface area contributed by atoms with Crippen LogP contribution in [0.15, 0.2) is 82.2 Å². The summed E-state index contributed by atoms with van der Waals surface area (Å²) in [6.07, 6.45) is 1.46. The summed E-state index contributed by atoms with van der Waals surface area (Å²) in [5.41, 5.74) is 5.39. The maximum Gasteiger partial charge on any atom is 0.270 e. The first-order valence-electron chi connectivity index (χ1n) is 9.96. The Morgan fingerprint density at radius 2 is 1.59 bits per heavy atom. The summed E-state index contributed by atoms with van der Waals surface area (Å²) in [6.45, 7) is 4.00. The molecule has 32 heavy (non-hydrogen) atoms. The Kier molecular flexibility index (Phi) is 5.65. The van der Waals surface area contributed by atoms with E-state index in [-0.39, 0.29) is 11.6 Å². The Labute approximate surface area is 185 Å². The SMILES string of the molecule is Cc1ccc(-c2oc(N=Cc3cccc([N+](=O)[O-])c3)c(C#N)c2-c2ccc(C)cc2)cc1. The molecule has 0 unspecified atom stereocenters. The van der Waals surface area contributed by atoms with Crippen LogP contribution in [-0.4, -0.2) is 11.1 Å². The molecule has 0 aliphatic heterocycles. The average Bonchev–Trinajstić information content (AvgIpc) is 3.17. The van der Waals surface area contributed by atoms with E-state index in [1.807, 2.05) is 62.4 Å². The smallest absolute Gasteiger partial charge is 0.270 e. The van der Waals surface area contributed by atoms with Gasteiger partial charge in [-0.3, -0.25) is 10.1 Å². The zero-order valence-electron chi connectivity index (χ0n) is 17.6. The van der Waals surface area contributed by atoms with E-state index in [2.05, 4.69) is 11.1 Å². The van der Waals surface area contributed by atoms with E-state index in [4.69, 9.17) is 4.42 Å². The van der Waals surface area contributed by atoms with Crippen LogP contribution in [-0.2, 0) is 0 Å². The number of aliphatic imine (C=N–C) groups is 1. The molecule has 0 bridgehead atoms. The van der Waals surface area contributed by atoms with Crippen molar-refractivity contribution in [2.75, 3.05) is 0 Å². The van der Waals surface area contributed by atoms with Crippen LogP contribution in [0, 0.1) is 35.3 Å². The highest BCUT2D eigenvalue weighted by molar-refractivity contribution is 5.90. The van der Waals surface area contributed by atoms with Crippen LogP contribution in [0.1, 0.15) is 22.3 Å². The van der Waals surface area contributed by atoms with Gasteiger partial charge in [0.1, 0.15) is 17.4 Å². The molecule has 0 fully saturated rings. The molecule has 1 aromatic heterocycles. The van der Waals surface area contributed by atoms with Crippen LogP contribution in [0.3, 0.4) is 0 Å². The number of rotatable bonds is 5.